The maximum Gasteiger partial charge on any atom is 0.178 e. The number of fused-ring (bicyclic) bond motifs is 3. The summed E-state index contributed by atoms with van der Waals surface area (Å²) in [6, 6.07) is 8.30. The molecule has 0 atom stereocenters. The highest BCUT2D eigenvalue weighted by Crippen LogP contribution is 2.53. The zero-order chi connectivity index (χ0) is 14.6. The van der Waals surface area contributed by atoms with Gasteiger partial charge in [0.1, 0.15) is 0 Å². The van der Waals surface area contributed by atoms with Crippen LogP contribution in [0.5, 0.6) is 0 Å². The molecule has 0 unspecified atom stereocenters. The molecular formula is C17H19N3S. The number of nitrogens with one attached hydrogen (secondary N) is 1. The monoisotopic (exact) mass is 297 g/mol. The Kier molecular flexibility index (Phi) is 2.73. The van der Waals surface area contributed by atoms with Crippen LogP contribution in [0.15, 0.2) is 30.5 Å². The molecule has 0 radical (unpaired) electrons. The van der Waals surface area contributed by atoms with Crippen molar-refractivity contribution in [2.24, 2.45) is 11.3 Å². The lowest BCUT2D eigenvalue weighted by molar-refractivity contribution is 0.311. The molecule has 3 aromatic rings. The van der Waals surface area contributed by atoms with E-state index in [0.29, 0.717) is 11.3 Å². The van der Waals surface area contributed by atoms with Crippen LogP contribution < -0.4 is 0 Å². The summed E-state index contributed by atoms with van der Waals surface area (Å²) in [5.41, 5.74) is 3.70. The van der Waals surface area contributed by atoms with Gasteiger partial charge >= 0.3 is 0 Å². The number of benzene rings is 1. The van der Waals surface area contributed by atoms with Gasteiger partial charge in [0, 0.05) is 11.9 Å². The highest BCUT2D eigenvalue weighted by Gasteiger charge is 2.45. The van der Waals surface area contributed by atoms with Crippen LogP contribution in [0.2, 0.25) is 0 Å². The van der Waals surface area contributed by atoms with Crippen LogP contribution >= 0.6 is 12.2 Å². The Morgan fingerprint density at radius 2 is 2.10 bits per heavy atom. The van der Waals surface area contributed by atoms with Gasteiger partial charge in [-0.15, -0.1) is 0 Å². The molecule has 4 heteroatoms. The SMILES string of the molecule is CC(C)C1(Cn2c(=S)[nH]c3cnc4ccccc4c32)CC1. The van der Waals surface area contributed by atoms with E-state index in [1.54, 1.807) is 0 Å². The molecular weight excluding hydrogens is 278 g/mol. The topological polar surface area (TPSA) is 33.6 Å². The maximum atomic E-state index is 5.58. The molecule has 108 valence electrons. The first kappa shape index (κ1) is 13.0. The summed E-state index contributed by atoms with van der Waals surface area (Å²) in [6.07, 6.45) is 4.52. The molecule has 0 amide bonds. The number of nitrogens with zero attached hydrogens (tertiary/aromatic N) is 2. The molecule has 3 nitrogen and oxygen atoms in total. The largest absolute Gasteiger partial charge is 0.329 e. The Morgan fingerprint density at radius 3 is 2.81 bits per heavy atom. The van der Waals surface area contributed by atoms with Gasteiger partial charge in [-0.2, -0.15) is 0 Å². The number of rotatable bonds is 3. The van der Waals surface area contributed by atoms with E-state index in [0.717, 1.165) is 22.3 Å². The predicted molar refractivity (Wildman–Crippen MR) is 88.9 cm³/mol. The van der Waals surface area contributed by atoms with Gasteiger partial charge in [-0.1, -0.05) is 32.0 Å². The number of pyridine rings is 1. The minimum Gasteiger partial charge on any atom is -0.329 e. The summed E-state index contributed by atoms with van der Waals surface area (Å²) in [4.78, 5) is 7.84. The first-order valence-electron chi connectivity index (χ1n) is 7.57. The second kappa shape index (κ2) is 4.41. The fraction of sp³-hybridized carbons (Fsp3) is 0.412. The smallest absolute Gasteiger partial charge is 0.178 e. The zero-order valence-electron chi connectivity index (χ0n) is 12.4. The lowest BCUT2D eigenvalue weighted by Crippen LogP contribution is -2.17. The third kappa shape index (κ3) is 1.93. The third-order valence-electron chi connectivity index (χ3n) is 5.09. The molecule has 2 aromatic heterocycles. The minimum atomic E-state index is 0.428. The number of aromatic nitrogens is 3. The van der Waals surface area contributed by atoms with E-state index in [1.165, 1.54) is 23.7 Å². The Balaban J connectivity index is 1.98. The molecule has 1 N–H and O–H groups in total. The maximum absolute atomic E-state index is 5.58. The first-order valence-corrected chi connectivity index (χ1v) is 7.98. The Bertz CT molecular complexity index is 884. The fourth-order valence-corrected chi connectivity index (χ4v) is 3.60. The number of aromatic amines is 1. The first-order chi connectivity index (χ1) is 10.1. The number of hydrogen-bond donors (Lipinski definition) is 1. The lowest BCUT2D eigenvalue weighted by Gasteiger charge is -2.20. The summed E-state index contributed by atoms with van der Waals surface area (Å²) in [7, 11) is 0. The normalized spacial score (nSPS) is 16.9. The van der Waals surface area contributed by atoms with Crippen molar-refractivity contribution in [3.8, 4) is 0 Å². The zero-order valence-corrected chi connectivity index (χ0v) is 13.2. The van der Waals surface area contributed by atoms with Crippen LogP contribution in [-0.2, 0) is 6.54 Å². The number of H-pyrrole nitrogens is 1. The van der Waals surface area contributed by atoms with E-state index >= 15 is 0 Å². The summed E-state index contributed by atoms with van der Waals surface area (Å²) in [5, 5.41) is 1.18. The lowest BCUT2D eigenvalue weighted by atomic mass is 9.92. The van der Waals surface area contributed by atoms with Gasteiger partial charge < -0.3 is 9.55 Å². The van der Waals surface area contributed by atoms with Crippen molar-refractivity contribution in [3.05, 3.63) is 35.2 Å². The van der Waals surface area contributed by atoms with Crippen LogP contribution in [-0.4, -0.2) is 14.5 Å². The van der Waals surface area contributed by atoms with E-state index in [1.807, 2.05) is 12.3 Å². The highest BCUT2D eigenvalue weighted by atomic mass is 32.1. The van der Waals surface area contributed by atoms with E-state index in [2.05, 4.69) is 46.6 Å². The molecule has 1 aliphatic carbocycles. The second-order valence-corrected chi connectivity index (χ2v) is 6.96. The third-order valence-corrected chi connectivity index (χ3v) is 5.42. The van der Waals surface area contributed by atoms with Crippen molar-refractivity contribution in [1.82, 2.24) is 14.5 Å². The fourth-order valence-electron chi connectivity index (χ4n) is 3.34. The van der Waals surface area contributed by atoms with Crippen LogP contribution in [0.1, 0.15) is 26.7 Å². The molecule has 1 fully saturated rings. The number of imidazole rings is 1. The van der Waals surface area contributed by atoms with Crippen molar-refractivity contribution < 1.29 is 0 Å². The minimum absolute atomic E-state index is 0.428. The average molecular weight is 297 g/mol. The number of para-hydroxylation sites is 1. The van der Waals surface area contributed by atoms with E-state index in [-0.39, 0.29) is 0 Å². The van der Waals surface area contributed by atoms with Gasteiger partial charge in [-0.05, 0) is 42.5 Å². The molecule has 1 aliphatic rings. The summed E-state index contributed by atoms with van der Waals surface area (Å²) in [6.45, 7) is 5.66. The molecule has 0 saturated heterocycles. The summed E-state index contributed by atoms with van der Waals surface area (Å²) < 4.78 is 3.11. The van der Waals surface area contributed by atoms with Crippen molar-refractivity contribution in [2.45, 2.75) is 33.2 Å². The van der Waals surface area contributed by atoms with Crippen molar-refractivity contribution in [2.75, 3.05) is 0 Å². The Hall–Kier alpha value is -1.68. The molecule has 0 aliphatic heterocycles. The van der Waals surface area contributed by atoms with E-state index < -0.39 is 0 Å². The van der Waals surface area contributed by atoms with Gasteiger partial charge in [0.25, 0.3) is 0 Å². The van der Waals surface area contributed by atoms with Crippen molar-refractivity contribution >= 4 is 34.2 Å². The second-order valence-electron chi connectivity index (χ2n) is 6.57. The summed E-state index contributed by atoms with van der Waals surface area (Å²) >= 11 is 5.58. The van der Waals surface area contributed by atoms with Crippen molar-refractivity contribution in [3.63, 3.8) is 0 Å². The van der Waals surface area contributed by atoms with Crippen molar-refractivity contribution in [1.29, 1.82) is 0 Å². The van der Waals surface area contributed by atoms with Crippen LogP contribution in [0.3, 0.4) is 0 Å². The Labute approximate surface area is 129 Å². The van der Waals surface area contributed by atoms with Gasteiger partial charge in [-0.3, -0.25) is 4.98 Å². The van der Waals surface area contributed by atoms with Gasteiger partial charge in [0.2, 0.25) is 0 Å². The van der Waals surface area contributed by atoms with Crippen LogP contribution in [0, 0.1) is 16.1 Å². The van der Waals surface area contributed by atoms with Gasteiger partial charge in [0.05, 0.1) is 22.7 Å². The molecule has 0 bridgehead atoms. The molecule has 0 spiro atoms. The van der Waals surface area contributed by atoms with E-state index in [9.17, 15) is 0 Å². The molecule has 21 heavy (non-hydrogen) atoms. The van der Waals surface area contributed by atoms with Gasteiger partial charge in [-0.25, -0.2) is 0 Å². The highest BCUT2D eigenvalue weighted by molar-refractivity contribution is 7.71. The standard InChI is InChI=1S/C17H19N3S/c1-11(2)17(7-8-17)10-20-15-12-5-3-4-6-13(12)18-9-14(15)19-16(20)21/h3-6,9,11H,7-8,10H2,1-2H3,(H,19,21). The van der Waals surface area contributed by atoms with Crippen LogP contribution in [0.4, 0.5) is 0 Å². The number of hydrogen-bond acceptors (Lipinski definition) is 2. The molecule has 1 saturated carbocycles. The van der Waals surface area contributed by atoms with E-state index in [4.69, 9.17) is 12.2 Å². The van der Waals surface area contributed by atoms with Crippen LogP contribution in [0.25, 0.3) is 21.9 Å². The Morgan fingerprint density at radius 1 is 1.33 bits per heavy atom. The van der Waals surface area contributed by atoms with Gasteiger partial charge in [0.15, 0.2) is 4.77 Å². The quantitative estimate of drug-likeness (QED) is 0.712. The molecule has 2 heterocycles. The average Bonchev–Trinajstić information content (AvgIpc) is 3.19. The predicted octanol–water partition coefficient (Wildman–Crippen LogP) is 4.68. The summed E-state index contributed by atoms with van der Waals surface area (Å²) in [5.74, 6) is 0.692. The molecule has 1 aromatic carbocycles. The molecule has 4 rings (SSSR count).